The van der Waals surface area contributed by atoms with Crippen LogP contribution in [-0.2, 0) is 0 Å². The Morgan fingerprint density at radius 1 is 1.00 bits per heavy atom. The molecule has 0 unspecified atom stereocenters. The van der Waals surface area contributed by atoms with Crippen LogP contribution in [0.2, 0.25) is 0 Å². The lowest BCUT2D eigenvalue weighted by atomic mass is 10.1. The molecule has 0 aliphatic carbocycles. The zero-order chi connectivity index (χ0) is 18.5. The van der Waals surface area contributed by atoms with Crippen LogP contribution in [0.4, 0.5) is 0 Å². The molecule has 2 heteroatoms. The Balaban J connectivity index is -0.000000307. The van der Waals surface area contributed by atoms with Gasteiger partial charge in [0.25, 0.3) is 0 Å². The fourth-order valence-electron chi connectivity index (χ4n) is 1.94. The summed E-state index contributed by atoms with van der Waals surface area (Å²) in [7, 11) is 4.27. The van der Waals surface area contributed by atoms with E-state index in [1.165, 1.54) is 50.8 Å². The number of hydrogen-bond acceptors (Lipinski definition) is 2. The third kappa shape index (κ3) is 23.6. The van der Waals surface area contributed by atoms with Crippen molar-refractivity contribution in [3.8, 4) is 0 Å². The van der Waals surface area contributed by atoms with Gasteiger partial charge in [-0.15, -0.1) is 0 Å². The minimum absolute atomic E-state index is 1.13. The van der Waals surface area contributed by atoms with Crippen LogP contribution < -0.4 is 0 Å². The summed E-state index contributed by atoms with van der Waals surface area (Å²) in [6.07, 6.45) is 14.3. The van der Waals surface area contributed by atoms with Crippen LogP contribution >= 0.6 is 0 Å². The van der Waals surface area contributed by atoms with Crippen molar-refractivity contribution in [1.82, 2.24) is 9.80 Å². The van der Waals surface area contributed by atoms with Crippen molar-refractivity contribution in [1.29, 1.82) is 0 Å². The monoisotopic (exact) mass is 326 g/mol. The molecule has 0 aromatic heterocycles. The van der Waals surface area contributed by atoms with Crippen molar-refractivity contribution in [2.75, 3.05) is 27.2 Å². The summed E-state index contributed by atoms with van der Waals surface area (Å²) in [6, 6.07) is 0. The summed E-state index contributed by atoms with van der Waals surface area (Å²) >= 11 is 0. The van der Waals surface area contributed by atoms with Gasteiger partial charge in [-0.3, -0.25) is 0 Å². The first-order chi connectivity index (χ1) is 11.1. The summed E-state index contributed by atoms with van der Waals surface area (Å²) in [5, 5.41) is 0. The van der Waals surface area contributed by atoms with Crippen LogP contribution in [-0.4, -0.2) is 37.0 Å². The molecule has 1 heterocycles. The van der Waals surface area contributed by atoms with Gasteiger partial charge in [0, 0.05) is 13.2 Å². The number of rotatable bonds is 5. The van der Waals surface area contributed by atoms with Gasteiger partial charge in [-0.1, -0.05) is 66.0 Å². The molecular weight excluding hydrogens is 280 g/mol. The van der Waals surface area contributed by atoms with Crippen LogP contribution in [0.5, 0.6) is 0 Å². The highest BCUT2D eigenvalue weighted by Crippen LogP contribution is 2.04. The normalized spacial score (nSPS) is 14.7. The highest BCUT2D eigenvalue weighted by molar-refractivity contribution is 4.99. The van der Waals surface area contributed by atoms with Gasteiger partial charge >= 0.3 is 0 Å². The minimum Gasteiger partial charge on any atom is -0.358 e. The molecule has 140 valence electrons. The van der Waals surface area contributed by atoms with E-state index in [1.54, 1.807) is 0 Å². The molecule has 2 nitrogen and oxygen atoms in total. The topological polar surface area (TPSA) is 6.48 Å². The second-order valence-electron chi connectivity index (χ2n) is 5.53. The Bertz CT molecular complexity index is 251. The Morgan fingerprint density at radius 3 is 1.87 bits per heavy atom. The maximum Gasteiger partial charge on any atom is 0.0106 e. The van der Waals surface area contributed by atoms with E-state index in [2.05, 4.69) is 63.1 Å². The number of piperidine rings is 1. The molecule has 1 saturated heterocycles. The van der Waals surface area contributed by atoms with Crippen LogP contribution in [0.1, 0.15) is 87.0 Å². The van der Waals surface area contributed by atoms with Crippen LogP contribution in [0.15, 0.2) is 24.0 Å². The molecule has 0 spiro atoms. The molecule has 0 bridgehead atoms. The summed E-state index contributed by atoms with van der Waals surface area (Å²) in [6.45, 7) is 17.2. The lowest BCUT2D eigenvalue weighted by Crippen LogP contribution is -2.24. The second-order valence-corrected chi connectivity index (χ2v) is 5.53. The zero-order valence-electron chi connectivity index (χ0n) is 17.8. The van der Waals surface area contributed by atoms with E-state index < -0.39 is 0 Å². The average molecular weight is 327 g/mol. The van der Waals surface area contributed by atoms with Crippen molar-refractivity contribution in [2.45, 2.75) is 87.0 Å². The maximum atomic E-state index is 2.39. The molecule has 1 rings (SSSR count). The molecule has 23 heavy (non-hydrogen) atoms. The number of hydrogen-bond donors (Lipinski definition) is 0. The van der Waals surface area contributed by atoms with Gasteiger partial charge < -0.3 is 9.80 Å². The van der Waals surface area contributed by atoms with E-state index in [-0.39, 0.29) is 0 Å². The van der Waals surface area contributed by atoms with E-state index in [0.717, 1.165) is 6.42 Å². The number of unbranched alkanes of at least 4 members (excludes halogenated alkanes) is 1. The molecule has 1 aliphatic rings. The predicted molar refractivity (Wildman–Crippen MR) is 110 cm³/mol. The molecule has 1 aliphatic heterocycles. The molecular formula is C21H46N2. The summed E-state index contributed by atoms with van der Waals surface area (Å²) in [4.78, 5) is 4.51. The standard InChI is InChI=1S/C11H21N.C6H13N.2C2H6/c1-5-7-8-9-12(4)10-11(3)6-2;1-7-5-3-2-4-6-7;2*1-2/h8-10H,5-7H2,1-4H3;2-6H2,1H3;2*1-2H3/b9-8-,11-10+;;;. The van der Waals surface area contributed by atoms with Gasteiger partial charge in [-0.05, 0) is 58.9 Å². The van der Waals surface area contributed by atoms with Gasteiger partial charge in [0.05, 0.1) is 0 Å². The molecule has 0 atom stereocenters. The van der Waals surface area contributed by atoms with Gasteiger partial charge in [0.15, 0.2) is 0 Å². The van der Waals surface area contributed by atoms with Crippen molar-refractivity contribution in [3.05, 3.63) is 24.0 Å². The quantitative estimate of drug-likeness (QED) is 0.554. The molecule has 1 fully saturated rings. The van der Waals surface area contributed by atoms with Crippen molar-refractivity contribution >= 4 is 0 Å². The first-order valence-corrected chi connectivity index (χ1v) is 9.84. The molecule has 0 aromatic rings. The average Bonchev–Trinajstić information content (AvgIpc) is 2.60. The SMILES string of the molecule is CC.CC.CCC/C=C\N(C)/C=C(\C)CC.CN1CCCCC1. The summed E-state index contributed by atoms with van der Waals surface area (Å²) in [5.74, 6) is 0. The smallest absolute Gasteiger partial charge is 0.0106 e. The van der Waals surface area contributed by atoms with Crippen molar-refractivity contribution < 1.29 is 0 Å². The molecule has 0 amide bonds. The molecule has 0 aromatic carbocycles. The van der Waals surface area contributed by atoms with Gasteiger partial charge in [0.1, 0.15) is 0 Å². The van der Waals surface area contributed by atoms with E-state index in [9.17, 15) is 0 Å². The summed E-state index contributed by atoms with van der Waals surface area (Å²) in [5.41, 5.74) is 1.42. The van der Waals surface area contributed by atoms with Crippen LogP contribution in [0.25, 0.3) is 0 Å². The first-order valence-electron chi connectivity index (χ1n) is 9.84. The first kappa shape index (κ1) is 27.1. The van der Waals surface area contributed by atoms with Gasteiger partial charge in [-0.25, -0.2) is 0 Å². The van der Waals surface area contributed by atoms with Crippen LogP contribution in [0.3, 0.4) is 0 Å². The maximum absolute atomic E-state index is 2.39. The zero-order valence-corrected chi connectivity index (χ0v) is 17.8. The highest BCUT2D eigenvalue weighted by atomic mass is 15.1. The Hall–Kier alpha value is -0.760. The molecule has 0 N–H and O–H groups in total. The second kappa shape index (κ2) is 23.5. The van der Waals surface area contributed by atoms with Crippen molar-refractivity contribution in [3.63, 3.8) is 0 Å². The summed E-state index contributed by atoms with van der Waals surface area (Å²) < 4.78 is 0. The lowest BCUT2D eigenvalue weighted by molar-refractivity contribution is 0.277. The highest BCUT2D eigenvalue weighted by Gasteiger charge is 2.02. The molecule has 0 radical (unpaired) electrons. The third-order valence-corrected chi connectivity index (χ3v) is 3.36. The van der Waals surface area contributed by atoms with Gasteiger partial charge in [-0.2, -0.15) is 0 Å². The van der Waals surface area contributed by atoms with Crippen LogP contribution in [0, 0.1) is 0 Å². The number of likely N-dealkylation sites (tertiary alicyclic amines) is 1. The molecule has 0 saturated carbocycles. The Kier molecular flexibility index (Phi) is 27.7. The minimum atomic E-state index is 1.13. The fourth-order valence-corrected chi connectivity index (χ4v) is 1.94. The predicted octanol–water partition coefficient (Wildman–Crippen LogP) is 6.70. The fraction of sp³-hybridized carbons (Fsp3) is 0.810. The number of allylic oxidation sites excluding steroid dienone is 2. The largest absolute Gasteiger partial charge is 0.358 e. The van der Waals surface area contributed by atoms with Crippen molar-refractivity contribution in [2.24, 2.45) is 0 Å². The lowest BCUT2D eigenvalue weighted by Gasteiger charge is -2.20. The van der Waals surface area contributed by atoms with E-state index >= 15 is 0 Å². The van der Waals surface area contributed by atoms with E-state index in [1.807, 2.05) is 27.7 Å². The van der Waals surface area contributed by atoms with E-state index in [4.69, 9.17) is 0 Å². The third-order valence-electron chi connectivity index (χ3n) is 3.36. The number of nitrogens with zero attached hydrogens (tertiary/aromatic N) is 2. The Morgan fingerprint density at radius 2 is 1.52 bits per heavy atom. The van der Waals surface area contributed by atoms with Gasteiger partial charge in [0.2, 0.25) is 0 Å². The van der Waals surface area contributed by atoms with E-state index in [0.29, 0.717) is 0 Å². The Labute approximate surface area is 148 Å².